The smallest absolute Gasteiger partial charge is 0.343 e. The molecule has 0 fully saturated rings. The molecule has 206 valence electrons. The summed E-state index contributed by atoms with van der Waals surface area (Å²) in [6.07, 6.45) is 1.50. The highest BCUT2D eigenvalue weighted by atomic mass is 16.6. The van der Waals surface area contributed by atoms with Crippen LogP contribution in [-0.4, -0.2) is 36.8 Å². The molecule has 8 heteroatoms. The zero-order valence-electron chi connectivity index (χ0n) is 22.9. The van der Waals surface area contributed by atoms with Gasteiger partial charge in [0.25, 0.3) is 5.91 Å². The number of nitrogens with zero attached hydrogens (tertiary/aromatic N) is 1. The fourth-order valence-corrected chi connectivity index (χ4v) is 4.47. The molecule has 0 radical (unpaired) electrons. The topological polar surface area (TPSA) is 102 Å². The molecule has 1 amide bonds. The van der Waals surface area contributed by atoms with E-state index in [0.717, 1.165) is 27.6 Å². The number of hydrazone groups is 1. The number of ether oxygens (including phenoxy) is 3. The van der Waals surface area contributed by atoms with Crippen molar-refractivity contribution in [2.24, 2.45) is 5.10 Å². The number of esters is 1. The van der Waals surface area contributed by atoms with Crippen molar-refractivity contribution in [2.45, 2.75) is 13.8 Å². The first kappa shape index (κ1) is 27.2. The highest BCUT2D eigenvalue weighted by Gasteiger charge is 2.19. The van der Waals surface area contributed by atoms with E-state index >= 15 is 0 Å². The van der Waals surface area contributed by atoms with Crippen molar-refractivity contribution < 1.29 is 23.8 Å². The van der Waals surface area contributed by atoms with Crippen molar-refractivity contribution in [1.82, 2.24) is 10.4 Å². The number of H-pyrrole nitrogens is 1. The van der Waals surface area contributed by atoms with Crippen LogP contribution in [0.15, 0.2) is 96.1 Å². The van der Waals surface area contributed by atoms with E-state index in [1.54, 1.807) is 42.5 Å². The predicted molar refractivity (Wildman–Crippen MR) is 159 cm³/mol. The first-order valence-corrected chi connectivity index (χ1v) is 13.1. The van der Waals surface area contributed by atoms with Gasteiger partial charge in [0.2, 0.25) is 0 Å². The van der Waals surface area contributed by atoms with Crippen molar-refractivity contribution in [3.05, 3.63) is 113 Å². The van der Waals surface area contributed by atoms with Crippen LogP contribution in [0.3, 0.4) is 0 Å². The van der Waals surface area contributed by atoms with Gasteiger partial charge in [-0.1, -0.05) is 48.0 Å². The Morgan fingerprint density at radius 2 is 1.76 bits per heavy atom. The number of fused-ring (bicyclic) bond motifs is 1. The van der Waals surface area contributed by atoms with Gasteiger partial charge in [-0.2, -0.15) is 5.10 Å². The van der Waals surface area contributed by atoms with E-state index in [4.69, 9.17) is 14.2 Å². The first-order chi connectivity index (χ1) is 20.0. The third kappa shape index (κ3) is 6.12. The van der Waals surface area contributed by atoms with Gasteiger partial charge in [-0.3, -0.25) is 4.79 Å². The number of aromatic amines is 1. The molecule has 0 aliphatic carbocycles. The number of benzene rings is 4. The van der Waals surface area contributed by atoms with Crippen LogP contribution in [0.4, 0.5) is 0 Å². The molecule has 0 unspecified atom stereocenters. The maximum Gasteiger partial charge on any atom is 0.343 e. The molecule has 0 spiro atoms. The summed E-state index contributed by atoms with van der Waals surface area (Å²) in [4.78, 5) is 29.2. The quantitative estimate of drug-likeness (QED) is 0.0945. The molecule has 0 atom stereocenters. The van der Waals surface area contributed by atoms with E-state index in [1.165, 1.54) is 13.3 Å². The van der Waals surface area contributed by atoms with E-state index in [0.29, 0.717) is 34.9 Å². The minimum atomic E-state index is -0.540. The summed E-state index contributed by atoms with van der Waals surface area (Å²) in [5, 5.41) is 5.14. The number of hydrogen-bond donors (Lipinski definition) is 2. The number of aryl methyl sites for hydroxylation is 1. The number of carbonyl (C=O) groups is 2. The molecule has 4 aromatic carbocycles. The molecule has 0 saturated heterocycles. The Hall–Kier alpha value is -5.37. The highest BCUT2D eigenvalue weighted by Crippen LogP contribution is 2.33. The summed E-state index contributed by atoms with van der Waals surface area (Å²) >= 11 is 0. The Bertz CT molecular complexity index is 1740. The number of hydrogen-bond acceptors (Lipinski definition) is 6. The maximum absolute atomic E-state index is 13.3. The average Bonchev–Trinajstić information content (AvgIpc) is 3.37. The molecular formula is C33H29N3O5. The zero-order valence-corrected chi connectivity index (χ0v) is 22.9. The second kappa shape index (κ2) is 12.2. The lowest BCUT2D eigenvalue weighted by molar-refractivity contribution is 0.0727. The molecule has 8 nitrogen and oxygen atoms in total. The van der Waals surface area contributed by atoms with Crippen LogP contribution in [0.5, 0.6) is 17.2 Å². The predicted octanol–water partition coefficient (Wildman–Crippen LogP) is 6.53. The molecule has 0 saturated carbocycles. The van der Waals surface area contributed by atoms with Gasteiger partial charge < -0.3 is 19.2 Å². The summed E-state index contributed by atoms with van der Waals surface area (Å²) in [7, 11) is 1.53. The van der Waals surface area contributed by atoms with Crippen molar-refractivity contribution in [2.75, 3.05) is 13.7 Å². The van der Waals surface area contributed by atoms with Crippen molar-refractivity contribution in [3.8, 4) is 28.4 Å². The van der Waals surface area contributed by atoms with Crippen molar-refractivity contribution in [1.29, 1.82) is 0 Å². The molecule has 2 N–H and O–H groups in total. The zero-order chi connectivity index (χ0) is 28.8. The number of methoxy groups -OCH3 is 1. The lowest BCUT2D eigenvalue weighted by Crippen LogP contribution is -2.18. The Kier molecular flexibility index (Phi) is 8.10. The second-order valence-corrected chi connectivity index (χ2v) is 9.25. The molecule has 0 aliphatic rings. The average molecular weight is 548 g/mol. The lowest BCUT2D eigenvalue weighted by Gasteiger charge is -2.11. The van der Waals surface area contributed by atoms with Crippen LogP contribution < -0.4 is 19.6 Å². The van der Waals surface area contributed by atoms with Gasteiger partial charge in [0.1, 0.15) is 11.4 Å². The van der Waals surface area contributed by atoms with Gasteiger partial charge in [0.05, 0.1) is 25.5 Å². The van der Waals surface area contributed by atoms with E-state index in [1.807, 2.05) is 56.3 Å². The van der Waals surface area contributed by atoms with Crippen LogP contribution in [0.25, 0.3) is 22.0 Å². The maximum atomic E-state index is 13.3. The Labute approximate surface area is 237 Å². The van der Waals surface area contributed by atoms with Gasteiger partial charge >= 0.3 is 5.97 Å². The largest absolute Gasteiger partial charge is 0.497 e. The molecular weight excluding hydrogens is 518 g/mol. The van der Waals surface area contributed by atoms with E-state index < -0.39 is 5.97 Å². The summed E-state index contributed by atoms with van der Waals surface area (Å²) in [6, 6.07) is 27.5. The van der Waals surface area contributed by atoms with Gasteiger partial charge in [0.15, 0.2) is 11.5 Å². The third-order valence-electron chi connectivity index (χ3n) is 6.40. The molecule has 5 aromatic rings. The standard InChI is InChI=1S/C33H29N3O5/c1-4-40-29-18-22(14-16-28(29)41-33(38)24-11-8-12-25(19-24)39-3)20-34-36-32(37)31-30(23-9-6-5-7-10-23)26-17-21(2)13-15-27(26)35-31/h5-20,35H,4H2,1-3H3,(H,36,37). The normalized spacial score (nSPS) is 11.0. The Morgan fingerprint density at radius 1 is 0.927 bits per heavy atom. The molecule has 0 bridgehead atoms. The molecule has 1 aromatic heterocycles. The van der Waals surface area contributed by atoms with Crippen LogP contribution in [0, 0.1) is 6.92 Å². The summed E-state index contributed by atoms with van der Waals surface area (Å²) < 4.78 is 16.5. The number of rotatable bonds is 9. The van der Waals surface area contributed by atoms with Crippen LogP contribution in [-0.2, 0) is 0 Å². The summed E-state index contributed by atoms with van der Waals surface area (Å²) in [6.45, 7) is 4.22. The Balaban J connectivity index is 1.35. The van der Waals surface area contributed by atoms with Crippen LogP contribution >= 0.6 is 0 Å². The van der Waals surface area contributed by atoms with Crippen molar-refractivity contribution in [3.63, 3.8) is 0 Å². The molecule has 0 aliphatic heterocycles. The number of aromatic nitrogens is 1. The van der Waals surface area contributed by atoms with E-state index in [2.05, 4.69) is 21.6 Å². The molecule has 1 heterocycles. The minimum Gasteiger partial charge on any atom is -0.497 e. The first-order valence-electron chi connectivity index (χ1n) is 13.1. The molecule has 41 heavy (non-hydrogen) atoms. The van der Waals surface area contributed by atoms with E-state index in [-0.39, 0.29) is 11.7 Å². The fourth-order valence-electron chi connectivity index (χ4n) is 4.47. The minimum absolute atomic E-state index is 0.265. The van der Waals surface area contributed by atoms with Crippen LogP contribution in [0.2, 0.25) is 0 Å². The number of nitrogens with one attached hydrogen (secondary N) is 2. The fraction of sp³-hybridized carbons (Fsp3) is 0.121. The lowest BCUT2D eigenvalue weighted by atomic mass is 10.0. The Morgan fingerprint density at radius 3 is 2.54 bits per heavy atom. The van der Waals surface area contributed by atoms with Gasteiger partial charge in [-0.25, -0.2) is 10.2 Å². The van der Waals surface area contributed by atoms with Gasteiger partial charge in [0, 0.05) is 16.5 Å². The summed E-state index contributed by atoms with van der Waals surface area (Å²) in [5.41, 5.74) is 7.75. The highest BCUT2D eigenvalue weighted by molar-refractivity contribution is 6.10. The van der Waals surface area contributed by atoms with Gasteiger partial charge in [-0.05, 0) is 73.5 Å². The second-order valence-electron chi connectivity index (χ2n) is 9.25. The number of carbonyl (C=O) groups excluding carboxylic acids is 2. The number of amides is 1. The summed E-state index contributed by atoms with van der Waals surface area (Å²) in [5.74, 6) is 0.277. The van der Waals surface area contributed by atoms with Crippen molar-refractivity contribution >= 4 is 29.0 Å². The monoisotopic (exact) mass is 547 g/mol. The molecule has 5 rings (SSSR count). The van der Waals surface area contributed by atoms with E-state index in [9.17, 15) is 9.59 Å². The van der Waals surface area contributed by atoms with Gasteiger partial charge in [-0.15, -0.1) is 0 Å². The SMILES string of the molecule is CCOc1cc(C=NNC(=O)c2[nH]c3ccc(C)cc3c2-c2ccccc2)ccc1OC(=O)c1cccc(OC)c1. The van der Waals surface area contributed by atoms with Crippen LogP contribution in [0.1, 0.15) is 38.9 Å². The third-order valence-corrected chi connectivity index (χ3v) is 6.40.